The van der Waals surface area contributed by atoms with Crippen molar-refractivity contribution in [2.24, 2.45) is 7.05 Å². The normalized spacial score (nSPS) is 15.1. The zero-order chi connectivity index (χ0) is 12.3. The van der Waals surface area contributed by atoms with Gasteiger partial charge in [0.25, 0.3) is 0 Å². The lowest BCUT2D eigenvalue weighted by Crippen LogP contribution is -2.28. The number of aliphatic hydroxyl groups is 1. The van der Waals surface area contributed by atoms with Gasteiger partial charge in [-0.3, -0.25) is 4.68 Å². The maximum absolute atomic E-state index is 10.2. The van der Waals surface area contributed by atoms with Crippen molar-refractivity contribution in [3.63, 3.8) is 0 Å². The third kappa shape index (κ3) is 2.98. The van der Waals surface area contributed by atoms with Gasteiger partial charge in [-0.1, -0.05) is 31.9 Å². The van der Waals surface area contributed by atoms with Gasteiger partial charge in [-0.15, -0.1) is 0 Å². The first-order chi connectivity index (χ1) is 7.41. The second-order valence-electron chi connectivity index (χ2n) is 4.61. The molecule has 0 fully saturated rings. The first-order valence-electron chi connectivity index (χ1n) is 5.84. The zero-order valence-electron chi connectivity index (χ0n) is 10.5. The molecule has 0 saturated heterocycles. The van der Waals surface area contributed by atoms with E-state index in [-0.39, 0.29) is 0 Å². The van der Waals surface area contributed by atoms with Gasteiger partial charge in [0, 0.05) is 13.5 Å². The highest BCUT2D eigenvalue weighted by Gasteiger charge is 2.24. The molecule has 92 valence electrons. The monoisotopic (exact) mass is 244 g/mol. The van der Waals surface area contributed by atoms with Crippen LogP contribution in [-0.2, 0) is 19.9 Å². The second-order valence-corrected chi connectivity index (χ2v) is 4.99. The van der Waals surface area contributed by atoms with E-state index in [1.807, 2.05) is 20.9 Å². The summed E-state index contributed by atoms with van der Waals surface area (Å²) in [6.45, 7) is 5.95. The van der Waals surface area contributed by atoms with E-state index in [2.05, 4.69) is 12.0 Å². The van der Waals surface area contributed by atoms with Crippen molar-refractivity contribution in [3.05, 3.63) is 16.4 Å². The molecule has 0 aromatic carbocycles. The van der Waals surface area contributed by atoms with Crippen LogP contribution in [0, 0.1) is 0 Å². The minimum absolute atomic E-state index is 0.559. The van der Waals surface area contributed by atoms with E-state index < -0.39 is 5.60 Å². The van der Waals surface area contributed by atoms with Crippen LogP contribution in [0.25, 0.3) is 0 Å². The molecule has 3 nitrogen and oxygen atoms in total. The van der Waals surface area contributed by atoms with Gasteiger partial charge in [-0.05, 0) is 19.8 Å². The number of hydrogen-bond donors (Lipinski definition) is 1. The van der Waals surface area contributed by atoms with Gasteiger partial charge in [0.1, 0.15) is 0 Å². The summed E-state index contributed by atoms with van der Waals surface area (Å²) in [6, 6.07) is 0. The van der Waals surface area contributed by atoms with Crippen LogP contribution < -0.4 is 0 Å². The second kappa shape index (κ2) is 5.19. The molecule has 1 heterocycles. The van der Waals surface area contributed by atoms with E-state index in [0.29, 0.717) is 11.4 Å². The SMILES string of the molecule is CCCC(C)(O)Cc1c(Cl)c(CC)nn1C. The summed E-state index contributed by atoms with van der Waals surface area (Å²) in [4.78, 5) is 0. The highest BCUT2D eigenvalue weighted by molar-refractivity contribution is 6.31. The number of nitrogens with zero attached hydrogens (tertiary/aromatic N) is 2. The lowest BCUT2D eigenvalue weighted by atomic mass is 9.94. The first kappa shape index (κ1) is 13.5. The molecule has 1 atom stereocenters. The Labute approximate surface area is 102 Å². The molecule has 0 bridgehead atoms. The molecule has 4 heteroatoms. The Kier molecular flexibility index (Phi) is 4.39. The molecule has 0 aliphatic carbocycles. The lowest BCUT2D eigenvalue weighted by molar-refractivity contribution is 0.0487. The average molecular weight is 245 g/mol. The van der Waals surface area contributed by atoms with E-state index in [0.717, 1.165) is 30.7 Å². The van der Waals surface area contributed by atoms with Gasteiger partial charge >= 0.3 is 0 Å². The molecule has 0 spiro atoms. The minimum Gasteiger partial charge on any atom is -0.390 e. The standard InChI is InChI=1S/C12H21ClN2O/c1-5-7-12(3,16)8-10-11(13)9(6-2)14-15(10)4/h16H,5-8H2,1-4H3. The van der Waals surface area contributed by atoms with Crippen molar-refractivity contribution in [2.75, 3.05) is 0 Å². The third-order valence-corrected chi connectivity index (χ3v) is 3.28. The van der Waals surface area contributed by atoms with E-state index in [1.54, 1.807) is 4.68 Å². The van der Waals surface area contributed by atoms with E-state index in [1.165, 1.54) is 0 Å². The molecule has 1 aromatic heterocycles. The Hall–Kier alpha value is -0.540. The smallest absolute Gasteiger partial charge is 0.0850 e. The molecule has 1 rings (SSSR count). The number of aromatic nitrogens is 2. The predicted octanol–water partition coefficient (Wildman–Crippen LogP) is 2.73. The quantitative estimate of drug-likeness (QED) is 0.865. The first-order valence-corrected chi connectivity index (χ1v) is 6.21. The third-order valence-electron chi connectivity index (χ3n) is 2.84. The number of hydrogen-bond acceptors (Lipinski definition) is 2. The summed E-state index contributed by atoms with van der Waals surface area (Å²) in [5.74, 6) is 0. The molecule has 1 unspecified atom stereocenters. The van der Waals surface area contributed by atoms with Gasteiger partial charge in [0.15, 0.2) is 0 Å². The molecule has 1 N–H and O–H groups in total. The summed E-state index contributed by atoms with van der Waals surface area (Å²) < 4.78 is 1.78. The fraction of sp³-hybridized carbons (Fsp3) is 0.750. The number of aryl methyl sites for hydroxylation is 2. The predicted molar refractivity (Wildman–Crippen MR) is 66.8 cm³/mol. The summed E-state index contributed by atoms with van der Waals surface area (Å²) in [5, 5.41) is 15.3. The lowest BCUT2D eigenvalue weighted by Gasteiger charge is -2.22. The molecule has 0 radical (unpaired) electrons. The number of halogens is 1. The van der Waals surface area contributed by atoms with Gasteiger partial charge in [0.05, 0.1) is 22.0 Å². The molecule has 0 saturated carbocycles. The summed E-state index contributed by atoms with van der Waals surface area (Å²) in [6.07, 6.45) is 3.12. The molecule has 0 aliphatic rings. The van der Waals surface area contributed by atoms with Gasteiger partial charge in [-0.2, -0.15) is 5.10 Å². The highest BCUT2D eigenvalue weighted by Crippen LogP contribution is 2.26. The molecule has 0 amide bonds. The van der Waals surface area contributed by atoms with Crippen molar-refractivity contribution in [2.45, 2.75) is 52.1 Å². The maximum atomic E-state index is 10.2. The molecule has 16 heavy (non-hydrogen) atoms. The van der Waals surface area contributed by atoms with Crippen LogP contribution in [0.3, 0.4) is 0 Å². The summed E-state index contributed by atoms with van der Waals surface area (Å²) in [5.41, 5.74) is 1.14. The van der Waals surface area contributed by atoms with Crippen molar-refractivity contribution in [1.82, 2.24) is 9.78 Å². The fourth-order valence-electron chi connectivity index (χ4n) is 2.00. The van der Waals surface area contributed by atoms with Gasteiger partial charge in [0.2, 0.25) is 0 Å². The fourth-order valence-corrected chi connectivity index (χ4v) is 2.36. The van der Waals surface area contributed by atoms with Gasteiger partial charge in [-0.25, -0.2) is 0 Å². The van der Waals surface area contributed by atoms with Crippen LogP contribution in [0.2, 0.25) is 5.02 Å². The largest absolute Gasteiger partial charge is 0.390 e. The van der Waals surface area contributed by atoms with Crippen LogP contribution in [0.4, 0.5) is 0 Å². The Balaban J connectivity index is 2.92. The summed E-state index contributed by atoms with van der Waals surface area (Å²) in [7, 11) is 1.88. The Bertz CT molecular complexity index is 358. The van der Waals surface area contributed by atoms with E-state index in [9.17, 15) is 5.11 Å². The maximum Gasteiger partial charge on any atom is 0.0850 e. The average Bonchev–Trinajstić information content (AvgIpc) is 2.45. The Morgan fingerprint density at radius 1 is 1.44 bits per heavy atom. The van der Waals surface area contributed by atoms with Crippen LogP contribution in [-0.4, -0.2) is 20.5 Å². The molecular weight excluding hydrogens is 224 g/mol. The molecule has 0 aliphatic heterocycles. The van der Waals surface area contributed by atoms with Crippen molar-refractivity contribution in [1.29, 1.82) is 0 Å². The van der Waals surface area contributed by atoms with Crippen LogP contribution in [0.1, 0.15) is 45.0 Å². The van der Waals surface area contributed by atoms with Gasteiger partial charge < -0.3 is 5.11 Å². The summed E-state index contributed by atoms with van der Waals surface area (Å²) >= 11 is 6.24. The van der Waals surface area contributed by atoms with Crippen LogP contribution in [0.15, 0.2) is 0 Å². The number of rotatable bonds is 5. The zero-order valence-corrected chi connectivity index (χ0v) is 11.3. The highest BCUT2D eigenvalue weighted by atomic mass is 35.5. The van der Waals surface area contributed by atoms with Crippen molar-refractivity contribution in [3.8, 4) is 0 Å². The van der Waals surface area contributed by atoms with E-state index in [4.69, 9.17) is 11.6 Å². The van der Waals surface area contributed by atoms with E-state index >= 15 is 0 Å². The Morgan fingerprint density at radius 3 is 2.50 bits per heavy atom. The minimum atomic E-state index is -0.697. The Morgan fingerprint density at radius 2 is 2.06 bits per heavy atom. The molecular formula is C12H21ClN2O. The van der Waals surface area contributed by atoms with Crippen LogP contribution >= 0.6 is 11.6 Å². The van der Waals surface area contributed by atoms with Crippen molar-refractivity contribution < 1.29 is 5.11 Å². The van der Waals surface area contributed by atoms with Crippen LogP contribution in [0.5, 0.6) is 0 Å². The van der Waals surface area contributed by atoms with Crippen molar-refractivity contribution >= 4 is 11.6 Å². The molecule has 1 aromatic rings. The topological polar surface area (TPSA) is 38.1 Å².